The van der Waals surface area contributed by atoms with E-state index in [9.17, 15) is 9.59 Å². The Hall–Kier alpha value is -2.61. The fourth-order valence-electron chi connectivity index (χ4n) is 3.82. The average Bonchev–Trinajstić information content (AvgIpc) is 3.06. The van der Waals surface area contributed by atoms with Gasteiger partial charge in [0.25, 0.3) is 5.91 Å². The zero-order chi connectivity index (χ0) is 21.3. The standard InChI is InChI=1S/C22H30N4O4/c1-22(2,3)30-21(28)25-8-6-15(7-9-25)11-23-20(27)16-4-5-17-12-24-26(19(17)10-16)18-13-29-14-18/h4-5,10,12,15,18H,6-9,11,13-14H2,1-3H3,(H,23,27). The summed E-state index contributed by atoms with van der Waals surface area (Å²) in [7, 11) is 0. The summed E-state index contributed by atoms with van der Waals surface area (Å²) in [5.41, 5.74) is 1.11. The molecule has 0 aliphatic carbocycles. The molecule has 0 atom stereocenters. The van der Waals surface area contributed by atoms with E-state index < -0.39 is 5.60 Å². The molecule has 1 N–H and O–H groups in total. The number of rotatable bonds is 4. The number of piperidine rings is 1. The molecule has 0 saturated carbocycles. The van der Waals surface area contributed by atoms with Gasteiger partial charge in [-0.05, 0) is 51.7 Å². The smallest absolute Gasteiger partial charge is 0.410 e. The second-order valence-corrected chi connectivity index (χ2v) is 9.17. The normalized spacial score (nSPS) is 18.3. The van der Waals surface area contributed by atoms with Gasteiger partial charge in [-0.2, -0.15) is 5.10 Å². The van der Waals surface area contributed by atoms with Crippen molar-refractivity contribution in [3.8, 4) is 0 Å². The number of likely N-dealkylation sites (tertiary alicyclic amines) is 1. The molecule has 0 spiro atoms. The molecule has 8 nitrogen and oxygen atoms in total. The summed E-state index contributed by atoms with van der Waals surface area (Å²) in [5.74, 6) is 0.276. The first-order chi connectivity index (χ1) is 14.3. The summed E-state index contributed by atoms with van der Waals surface area (Å²) < 4.78 is 12.6. The van der Waals surface area contributed by atoms with Crippen LogP contribution in [-0.4, -0.2) is 65.1 Å². The van der Waals surface area contributed by atoms with E-state index in [1.165, 1.54) is 0 Å². The molecule has 3 heterocycles. The van der Waals surface area contributed by atoms with Crippen molar-refractivity contribution in [2.24, 2.45) is 5.92 Å². The van der Waals surface area contributed by atoms with Crippen molar-refractivity contribution in [2.75, 3.05) is 32.8 Å². The maximum absolute atomic E-state index is 12.7. The molecule has 30 heavy (non-hydrogen) atoms. The molecule has 2 aromatic rings. The number of aromatic nitrogens is 2. The fraction of sp³-hybridized carbons (Fsp3) is 0.591. The second-order valence-electron chi connectivity index (χ2n) is 9.17. The summed E-state index contributed by atoms with van der Waals surface area (Å²) in [4.78, 5) is 26.6. The molecule has 0 radical (unpaired) electrons. The molecule has 0 unspecified atom stereocenters. The quantitative estimate of drug-likeness (QED) is 0.831. The van der Waals surface area contributed by atoms with Gasteiger partial charge in [0.1, 0.15) is 5.60 Å². The van der Waals surface area contributed by atoms with Crippen molar-refractivity contribution < 1.29 is 19.1 Å². The van der Waals surface area contributed by atoms with Gasteiger partial charge < -0.3 is 19.7 Å². The third-order valence-electron chi connectivity index (χ3n) is 5.64. The predicted octanol–water partition coefficient (Wildman–Crippen LogP) is 2.98. The lowest BCUT2D eigenvalue weighted by atomic mass is 9.97. The number of hydrogen-bond acceptors (Lipinski definition) is 5. The lowest BCUT2D eigenvalue weighted by molar-refractivity contribution is -0.0266. The van der Waals surface area contributed by atoms with E-state index in [0.29, 0.717) is 44.3 Å². The largest absolute Gasteiger partial charge is 0.444 e. The SMILES string of the molecule is CC(C)(C)OC(=O)N1CCC(CNC(=O)c2ccc3cnn(C4COC4)c3c2)CC1. The molecule has 1 aromatic carbocycles. The number of carbonyl (C=O) groups is 2. The predicted molar refractivity (Wildman–Crippen MR) is 112 cm³/mol. The average molecular weight is 415 g/mol. The highest BCUT2D eigenvalue weighted by molar-refractivity contribution is 5.97. The molecule has 8 heteroatoms. The van der Waals surface area contributed by atoms with Gasteiger partial charge in [0, 0.05) is 30.6 Å². The van der Waals surface area contributed by atoms with Crippen LogP contribution in [0.1, 0.15) is 50.0 Å². The highest BCUT2D eigenvalue weighted by atomic mass is 16.6. The fourth-order valence-corrected chi connectivity index (χ4v) is 3.82. The van der Waals surface area contributed by atoms with Crippen molar-refractivity contribution in [1.29, 1.82) is 0 Å². The van der Waals surface area contributed by atoms with Gasteiger partial charge in [-0.25, -0.2) is 4.79 Å². The Balaban J connectivity index is 1.29. The minimum absolute atomic E-state index is 0.0796. The van der Waals surface area contributed by atoms with Gasteiger partial charge >= 0.3 is 6.09 Å². The number of ether oxygens (including phenoxy) is 2. The molecular formula is C22H30N4O4. The molecule has 2 amide bonds. The first-order valence-electron chi connectivity index (χ1n) is 10.6. The van der Waals surface area contributed by atoms with Gasteiger partial charge in [-0.15, -0.1) is 0 Å². The number of hydrogen-bond donors (Lipinski definition) is 1. The Bertz CT molecular complexity index is 921. The monoisotopic (exact) mass is 414 g/mol. The van der Waals surface area contributed by atoms with Crippen LogP contribution < -0.4 is 5.32 Å². The molecule has 2 aliphatic heterocycles. The number of nitrogens with one attached hydrogen (secondary N) is 1. The van der Waals surface area contributed by atoms with Crippen LogP contribution in [0.15, 0.2) is 24.4 Å². The van der Waals surface area contributed by atoms with Crippen LogP contribution in [0.2, 0.25) is 0 Å². The highest BCUT2D eigenvalue weighted by Gasteiger charge is 2.27. The topological polar surface area (TPSA) is 85.7 Å². The van der Waals surface area contributed by atoms with Crippen LogP contribution in [0, 0.1) is 5.92 Å². The van der Waals surface area contributed by atoms with Crippen LogP contribution >= 0.6 is 0 Å². The zero-order valence-corrected chi connectivity index (χ0v) is 17.9. The molecule has 1 aromatic heterocycles. The van der Waals surface area contributed by atoms with Crippen LogP contribution in [-0.2, 0) is 9.47 Å². The molecule has 4 rings (SSSR count). The highest BCUT2D eigenvalue weighted by Crippen LogP contribution is 2.24. The van der Waals surface area contributed by atoms with E-state index in [-0.39, 0.29) is 18.0 Å². The summed E-state index contributed by atoms with van der Waals surface area (Å²) in [6.07, 6.45) is 3.28. The molecular weight excluding hydrogens is 384 g/mol. The van der Waals surface area contributed by atoms with Crippen molar-refractivity contribution in [3.05, 3.63) is 30.0 Å². The summed E-state index contributed by atoms with van der Waals surface area (Å²) in [6, 6.07) is 5.93. The Morgan fingerprint density at radius 2 is 1.97 bits per heavy atom. The van der Waals surface area contributed by atoms with Crippen LogP contribution in [0.25, 0.3) is 10.9 Å². The number of benzene rings is 1. The number of nitrogens with zero attached hydrogens (tertiary/aromatic N) is 3. The van der Waals surface area contributed by atoms with Gasteiger partial charge in [-0.3, -0.25) is 9.48 Å². The van der Waals surface area contributed by atoms with Gasteiger partial charge in [0.15, 0.2) is 0 Å². The molecule has 2 aliphatic rings. The van der Waals surface area contributed by atoms with E-state index in [0.717, 1.165) is 23.7 Å². The van der Waals surface area contributed by atoms with Crippen LogP contribution in [0.5, 0.6) is 0 Å². The van der Waals surface area contributed by atoms with Gasteiger partial charge in [0.2, 0.25) is 0 Å². The van der Waals surface area contributed by atoms with Crippen molar-refractivity contribution >= 4 is 22.9 Å². The minimum atomic E-state index is -0.482. The lowest BCUT2D eigenvalue weighted by Crippen LogP contribution is -2.43. The number of fused-ring (bicyclic) bond motifs is 1. The molecule has 162 valence electrons. The molecule has 2 fully saturated rings. The third-order valence-corrected chi connectivity index (χ3v) is 5.64. The van der Waals surface area contributed by atoms with E-state index in [1.54, 1.807) is 4.90 Å². The Morgan fingerprint density at radius 3 is 2.60 bits per heavy atom. The second kappa shape index (κ2) is 8.26. The number of carbonyl (C=O) groups excluding carboxylic acids is 2. The zero-order valence-electron chi connectivity index (χ0n) is 17.9. The van der Waals surface area contributed by atoms with E-state index >= 15 is 0 Å². The van der Waals surface area contributed by atoms with Crippen molar-refractivity contribution in [2.45, 2.75) is 45.3 Å². The first kappa shape index (κ1) is 20.7. The van der Waals surface area contributed by atoms with Crippen LogP contribution in [0.3, 0.4) is 0 Å². The van der Waals surface area contributed by atoms with Gasteiger partial charge in [0.05, 0.1) is 31.0 Å². The third kappa shape index (κ3) is 4.59. The van der Waals surface area contributed by atoms with Crippen molar-refractivity contribution in [1.82, 2.24) is 20.0 Å². The maximum Gasteiger partial charge on any atom is 0.410 e. The number of amides is 2. The summed E-state index contributed by atoms with van der Waals surface area (Å²) >= 11 is 0. The van der Waals surface area contributed by atoms with Crippen LogP contribution in [0.4, 0.5) is 4.79 Å². The van der Waals surface area contributed by atoms with Crippen molar-refractivity contribution in [3.63, 3.8) is 0 Å². The van der Waals surface area contributed by atoms with E-state index in [1.807, 2.05) is 49.8 Å². The summed E-state index contributed by atoms with van der Waals surface area (Å²) in [6.45, 7) is 8.86. The first-order valence-corrected chi connectivity index (χ1v) is 10.6. The molecule has 2 saturated heterocycles. The Labute approximate surface area is 176 Å². The van der Waals surface area contributed by atoms with Gasteiger partial charge in [-0.1, -0.05) is 6.07 Å². The Kier molecular flexibility index (Phi) is 5.69. The minimum Gasteiger partial charge on any atom is -0.444 e. The van der Waals surface area contributed by atoms with E-state index in [4.69, 9.17) is 9.47 Å². The lowest BCUT2D eigenvalue weighted by Gasteiger charge is -2.33. The summed E-state index contributed by atoms with van der Waals surface area (Å²) in [5, 5.41) is 8.52. The molecule has 0 bridgehead atoms. The maximum atomic E-state index is 12.7. The van der Waals surface area contributed by atoms with E-state index in [2.05, 4.69) is 10.4 Å². The Morgan fingerprint density at radius 1 is 1.23 bits per heavy atom.